The van der Waals surface area contributed by atoms with Crippen molar-refractivity contribution in [2.45, 2.75) is 6.04 Å². The maximum atomic E-state index is 12.1. The van der Waals surface area contributed by atoms with Crippen LogP contribution in [0.25, 0.3) is 0 Å². The van der Waals surface area contributed by atoms with Gasteiger partial charge in [0.15, 0.2) is 6.04 Å². The molecule has 0 aliphatic carbocycles. The maximum Gasteiger partial charge on any atom is 0.328 e. The number of nitrogens with zero attached hydrogens (tertiary/aromatic N) is 2. The molecule has 1 aliphatic heterocycles. The number of amides is 1. The predicted octanol–water partition coefficient (Wildman–Crippen LogP) is 0.582. The van der Waals surface area contributed by atoms with Gasteiger partial charge in [-0.2, -0.15) is 0 Å². The van der Waals surface area contributed by atoms with Crippen LogP contribution < -0.4 is 0 Å². The molecule has 1 fully saturated rings. The van der Waals surface area contributed by atoms with E-state index in [9.17, 15) is 19.7 Å². The fourth-order valence-corrected chi connectivity index (χ4v) is 2.51. The van der Waals surface area contributed by atoms with E-state index < -0.39 is 22.8 Å². The van der Waals surface area contributed by atoms with Crippen molar-refractivity contribution in [3.05, 3.63) is 27.1 Å². The van der Waals surface area contributed by atoms with E-state index >= 15 is 0 Å². The molecule has 2 heterocycles. The van der Waals surface area contributed by atoms with Gasteiger partial charge in [0.05, 0.1) is 23.0 Å². The topological polar surface area (TPSA) is 110 Å². The van der Waals surface area contributed by atoms with Gasteiger partial charge in [-0.25, -0.2) is 4.79 Å². The predicted molar refractivity (Wildman–Crippen MR) is 64.3 cm³/mol. The Bertz CT molecular complexity index is 528. The molecule has 1 aromatic rings. The Balaban J connectivity index is 2.21. The first-order valence-corrected chi connectivity index (χ1v) is 6.18. The van der Waals surface area contributed by atoms with Crippen LogP contribution >= 0.6 is 11.3 Å². The minimum absolute atomic E-state index is 0.0749. The number of hydrogen-bond donors (Lipinski definition) is 1. The smallest absolute Gasteiger partial charge is 0.328 e. The van der Waals surface area contributed by atoms with Gasteiger partial charge in [0, 0.05) is 12.6 Å². The molecule has 1 unspecified atom stereocenters. The van der Waals surface area contributed by atoms with Crippen LogP contribution in [0.1, 0.15) is 9.67 Å². The van der Waals surface area contributed by atoms with Crippen molar-refractivity contribution in [3.63, 3.8) is 0 Å². The summed E-state index contributed by atoms with van der Waals surface area (Å²) in [6, 6.07) is 1.51. The molecule has 2 rings (SSSR count). The molecular weight excluding hydrogens is 276 g/mol. The standard InChI is InChI=1S/C10H10N2O6S/c13-9(7-1-2-8(19-7)12(16)17)11-3-4-18-5-6(11)10(14)15/h1-2,6H,3-5H2,(H,14,15). The van der Waals surface area contributed by atoms with Crippen LogP contribution in [-0.2, 0) is 9.53 Å². The zero-order valence-electron chi connectivity index (χ0n) is 9.64. The van der Waals surface area contributed by atoms with E-state index in [0.717, 1.165) is 11.3 Å². The molecule has 19 heavy (non-hydrogen) atoms. The summed E-state index contributed by atoms with van der Waals surface area (Å²) in [4.78, 5) is 34.5. The van der Waals surface area contributed by atoms with Crippen LogP contribution in [0.4, 0.5) is 5.00 Å². The lowest BCUT2D eigenvalue weighted by atomic mass is 10.2. The lowest BCUT2D eigenvalue weighted by Gasteiger charge is -2.32. The molecule has 0 radical (unpaired) electrons. The first-order valence-electron chi connectivity index (χ1n) is 5.36. The van der Waals surface area contributed by atoms with Crippen LogP contribution in [-0.4, -0.2) is 52.6 Å². The highest BCUT2D eigenvalue weighted by Crippen LogP contribution is 2.26. The van der Waals surface area contributed by atoms with E-state index in [1.165, 1.54) is 17.0 Å². The number of rotatable bonds is 3. The number of carbonyl (C=O) groups excluding carboxylic acids is 1. The van der Waals surface area contributed by atoms with E-state index in [4.69, 9.17) is 9.84 Å². The average Bonchev–Trinajstić information content (AvgIpc) is 2.87. The van der Waals surface area contributed by atoms with Crippen molar-refractivity contribution in [3.8, 4) is 0 Å². The van der Waals surface area contributed by atoms with Crippen molar-refractivity contribution in [2.24, 2.45) is 0 Å². The van der Waals surface area contributed by atoms with Crippen molar-refractivity contribution in [1.82, 2.24) is 4.90 Å². The van der Waals surface area contributed by atoms with Gasteiger partial charge in [-0.05, 0) is 6.07 Å². The molecule has 0 spiro atoms. The molecule has 102 valence electrons. The van der Waals surface area contributed by atoms with Crippen LogP contribution in [0.5, 0.6) is 0 Å². The Hall–Kier alpha value is -2.00. The first-order chi connectivity index (χ1) is 9.00. The quantitative estimate of drug-likeness (QED) is 0.643. The van der Waals surface area contributed by atoms with Crippen LogP contribution in [0.3, 0.4) is 0 Å². The summed E-state index contributed by atoms with van der Waals surface area (Å²) < 4.78 is 5.02. The van der Waals surface area contributed by atoms with Gasteiger partial charge in [-0.15, -0.1) is 0 Å². The van der Waals surface area contributed by atoms with Crippen molar-refractivity contribution in [1.29, 1.82) is 0 Å². The third kappa shape index (κ3) is 2.71. The third-order valence-electron chi connectivity index (χ3n) is 2.66. The molecule has 8 nitrogen and oxygen atoms in total. The van der Waals surface area contributed by atoms with E-state index in [1.54, 1.807) is 0 Å². The lowest BCUT2D eigenvalue weighted by Crippen LogP contribution is -2.52. The summed E-state index contributed by atoms with van der Waals surface area (Å²) in [7, 11) is 0. The number of hydrogen-bond acceptors (Lipinski definition) is 6. The summed E-state index contributed by atoms with van der Waals surface area (Å²) >= 11 is 0.732. The maximum absolute atomic E-state index is 12.1. The van der Waals surface area contributed by atoms with Crippen LogP contribution in [0.15, 0.2) is 12.1 Å². The van der Waals surface area contributed by atoms with Gasteiger partial charge in [0.25, 0.3) is 5.91 Å². The van der Waals surface area contributed by atoms with Gasteiger partial charge in [0.1, 0.15) is 0 Å². The number of carbonyl (C=O) groups is 2. The Morgan fingerprint density at radius 3 is 2.84 bits per heavy atom. The molecule has 1 aromatic heterocycles. The lowest BCUT2D eigenvalue weighted by molar-refractivity contribution is -0.380. The fourth-order valence-electron chi connectivity index (χ4n) is 1.73. The second-order valence-corrected chi connectivity index (χ2v) is 4.88. The van der Waals surface area contributed by atoms with Crippen LogP contribution in [0.2, 0.25) is 0 Å². The molecule has 1 N–H and O–H groups in total. The Labute approximate surface area is 111 Å². The number of thiophene rings is 1. The summed E-state index contributed by atoms with van der Waals surface area (Å²) in [6.45, 7) is 0.332. The first kappa shape index (κ1) is 13.4. The van der Waals surface area contributed by atoms with E-state index in [1.807, 2.05) is 0 Å². The molecule has 1 atom stereocenters. The Kier molecular flexibility index (Phi) is 3.76. The van der Waals surface area contributed by atoms with Crippen molar-refractivity contribution >= 4 is 28.2 Å². The van der Waals surface area contributed by atoms with Gasteiger partial charge >= 0.3 is 11.0 Å². The summed E-state index contributed by atoms with van der Waals surface area (Å²) in [5.74, 6) is -1.67. The van der Waals surface area contributed by atoms with Gasteiger partial charge < -0.3 is 14.7 Å². The minimum Gasteiger partial charge on any atom is -0.480 e. The molecule has 0 bridgehead atoms. The largest absolute Gasteiger partial charge is 0.480 e. The number of aliphatic carboxylic acids is 1. The van der Waals surface area contributed by atoms with Crippen molar-refractivity contribution < 1.29 is 24.4 Å². The number of nitro groups is 1. The van der Waals surface area contributed by atoms with Gasteiger partial charge in [-0.1, -0.05) is 11.3 Å². The van der Waals surface area contributed by atoms with E-state index in [2.05, 4.69) is 0 Å². The van der Waals surface area contributed by atoms with E-state index in [0.29, 0.717) is 0 Å². The molecular formula is C10H10N2O6S. The summed E-state index contributed by atoms with van der Waals surface area (Å²) in [6.07, 6.45) is 0. The molecule has 9 heteroatoms. The summed E-state index contributed by atoms with van der Waals surface area (Å²) in [5, 5.41) is 19.4. The molecule has 0 saturated carbocycles. The van der Waals surface area contributed by atoms with Crippen molar-refractivity contribution in [2.75, 3.05) is 19.8 Å². The Morgan fingerprint density at radius 2 is 2.26 bits per heavy atom. The second kappa shape index (κ2) is 5.33. The molecule has 1 amide bonds. The average molecular weight is 286 g/mol. The fraction of sp³-hybridized carbons (Fsp3) is 0.400. The van der Waals surface area contributed by atoms with Gasteiger partial charge in [-0.3, -0.25) is 14.9 Å². The highest BCUT2D eigenvalue weighted by atomic mass is 32.1. The monoisotopic (exact) mass is 286 g/mol. The summed E-state index contributed by atoms with van der Waals surface area (Å²) in [5.41, 5.74) is 0. The number of morpholine rings is 1. The second-order valence-electron chi connectivity index (χ2n) is 3.82. The Morgan fingerprint density at radius 1 is 1.53 bits per heavy atom. The third-order valence-corrected chi connectivity index (χ3v) is 3.68. The minimum atomic E-state index is -1.15. The molecule has 0 aromatic carbocycles. The molecule has 1 aliphatic rings. The van der Waals surface area contributed by atoms with E-state index in [-0.39, 0.29) is 29.6 Å². The highest BCUT2D eigenvalue weighted by molar-refractivity contribution is 7.17. The highest BCUT2D eigenvalue weighted by Gasteiger charge is 2.34. The number of ether oxygens (including phenoxy) is 1. The molecule has 1 saturated heterocycles. The van der Waals surface area contributed by atoms with Gasteiger partial charge in [0.2, 0.25) is 0 Å². The SMILES string of the molecule is O=C(O)C1COCCN1C(=O)c1ccc([N+](=O)[O-])s1. The number of carboxylic acids is 1. The zero-order valence-corrected chi connectivity index (χ0v) is 10.5. The number of carboxylic acid groups (broad SMARTS) is 1. The normalized spacial score (nSPS) is 19.2. The van der Waals surface area contributed by atoms with Crippen LogP contribution in [0, 0.1) is 10.1 Å². The zero-order chi connectivity index (χ0) is 14.0.